The van der Waals surface area contributed by atoms with E-state index in [9.17, 15) is 19.7 Å². The third-order valence-electron chi connectivity index (χ3n) is 2.31. The van der Waals surface area contributed by atoms with Gasteiger partial charge in [-0.05, 0) is 12.1 Å². The third kappa shape index (κ3) is 3.75. The van der Waals surface area contributed by atoms with Crippen LogP contribution in [-0.2, 0) is 9.53 Å². The molecule has 0 aliphatic carbocycles. The summed E-state index contributed by atoms with van der Waals surface area (Å²) < 4.78 is 4.39. The summed E-state index contributed by atoms with van der Waals surface area (Å²) in [6.07, 6.45) is 0. The van der Waals surface area contributed by atoms with Crippen LogP contribution in [0.1, 0.15) is 10.4 Å². The van der Waals surface area contributed by atoms with Gasteiger partial charge >= 0.3 is 5.97 Å². The zero-order chi connectivity index (χ0) is 14.4. The van der Waals surface area contributed by atoms with E-state index in [1.54, 1.807) is 0 Å². The van der Waals surface area contributed by atoms with Gasteiger partial charge in [0.1, 0.15) is 0 Å². The molecule has 0 heterocycles. The van der Waals surface area contributed by atoms with Gasteiger partial charge < -0.3 is 15.2 Å². The van der Waals surface area contributed by atoms with E-state index in [-0.39, 0.29) is 11.3 Å². The molecule has 1 aromatic carbocycles. The highest BCUT2D eigenvalue weighted by Crippen LogP contribution is 2.11. The molecule has 8 nitrogen and oxygen atoms in total. The van der Waals surface area contributed by atoms with Crippen molar-refractivity contribution in [1.29, 1.82) is 0 Å². The highest BCUT2D eigenvalue weighted by atomic mass is 16.6. The first-order valence-corrected chi connectivity index (χ1v) is 5.23. The SMILES string of the molecule is COC(=O)C(CO)NC(=O)c1ccc([N+](=O)[O-])cc1. The first kappa shape index (κ1) is 14.6. The van der Waals surface area contributed by atoms with E-state index in [1.807, 2.05) is 0 Å². The Labute approximate surface area is 108 Å². The number of carbonyl (C=O) groups excluding carboxylic acids is 2. The molecule has 0 aliphatic rings. The van der Waals surface area contributed by atoms with Gasteiger partial charge in [0.15, 0.2) is 6.04 Å². The number of aliphatic hydroxyl groups is 1. The second-order valence-electron chi connectivity index (χ2n) is 3.54. The summed E-state index contributed by atoms with van der Waals surface area (Å²) >= 11 is 0. The number of ether oxygens (including phenoxy) is 1. The summed E-state index contributed by atoms with van der Waals surface area (Å²) in [5.41, 5.74) is -0.0174. The number of nitrogens with zero attached hydrogens (tertiary/aromatic N) is 1. The number of rotatable bonds is 5. The number of benzene rings is 1. The minimum Gasteiger partial charge on any atom is -0.467 e. The fraction of sp³-hybridized carbons (Fsp3) is 0.273. The second kappa shape index (κ2) is 6.45. The van der Waals surface area contributed by atoms with E-state index in [1.165, 1.54) is 24.3 Å². The molecule has 2 N–H and O–H groups in total. The van der Waals surface area contributed by atoms with Crippen molar-refractivity contribution in [3.8, 4) is 0 Å². The van der Waals surface area contributed by atoms with Crippen molar-refractivity contribution >= 4 is 17.6 Å². The number of nitro groups is 1. The summed E-state index contributed by atoms with van der Waals surface area (Å²) in [6.45, 7) is -0.606. The summed E-state index contributed by atoms with van der Waals surface area (Å²) in [5.74, 6) is -1.42. The molecule has 0 saturated carbocycles. The molecule has 0 saturated heterocycles. The van der Waals surface area contributed by atoms with Gasteiger partial charge in [0, 0.05) is 17.7 Å². The van der Waals surface area contributed by atoms with Crippen molar-refractivity contribution in [2.45, 2.75) is 6.04 Å². The minimum absolute atomic E-state index is 0.132. The number of non-ortho nitro benzene ring substituents is 1. The molecule has 0 aliphatic heterocycles. The van der Waals surface area contributed by atoms with Crippen molar-refractivity contribution in [1.82, 2.24) is 5.32 Å². The number of aliphatic hydroxyl groups excluding tert-OH is 1. The first-order chi connectivity index (χ1) is 8.99. The number of esters is 1. The number of nitro benzene ring substituents is 1. The second-order valence-corrected chi connectivity index (χ2v) is 3.54. The number of carbonyl (C=O) groups is 2. The van der Waals surface area contributed by atoms with Gasteiger partial charge in [0.2, 0.25) is 0 Å². The van der Waals surface area contributed by atoms with Gasteiger partial charge in [-0.25, -0.2) is 4.79 Å². The maximum Gasteiger partial charge on any atom is 0.330 e. The van der Waals surface area contributed by atoms with Gasteiger partial charge in [0.05, 0.1) is 18.6 Å². The molecular weight excluding hydrogens is 256 g/mol. The molecule has 1 unspecified atom stereocenters. The van der Waals surface area contributed by atoms with E-state index in [4.69, 9.17) is 5.11 Å². The van der Waals surface area contributed by atoms with E-state index >= 15 is 0 Å². The lowest BCUT2D eigenvalue weighted by atomic mass is 10.2. The van der Waals surface area contributed by atoms with Gasteiger partial charge in [-0.3, -0.25) is 14.9 Å². The predicted octanol–water partition coefficient (Wildman–Crippen LogP) is -0.142. The quantitative estimate of drug-likeness (QED) is 0.436. The summed E-state index contributed by atoms with van der Waals surface area (Å²) in [5, 5.41) is 21.6. The first-order valence-electron chi connectivity index (χ1n) is 5.23. The largest absolute Gasteiger partial charge is 0.467 e. The van der Waals surface area contributed by atoms with Crippen LogP contribution in [-0.4, -0.2) is 41.7 Å². The summed E-state index contributed by atoms with van der Waals surface area (Å²) in [6, 6.07) is 3.66. The van der Waals surface area contributed by atoms with E-state index in [2.05, 4.69) is 10.1 Å². The van der Waals surface area contributed by atoms with Gasteiger partial charge in [0.25, 0.3) is 11.6 Å². The molecular formula is C11H12N2O6. The number of nitrogens with one attached hydrogen (secondary N) is 1. The van der Waals surface area contributed by atoms with Crippen molar-refractivity contribution in [3.05, 3.63) is 39.9 Å². The van der Waals surface area contributed by atoms with Gasteiger partial charge in [-0.1, -0.05) is 0 Å². The lowest BCUT2D eigenvalue weighted by molar-refractivity contribution is -0.384. The number of hydrogen-bond acceptors (Lipinski definition) is 6. The standard InChI is InChI=1S/C11H12N2O6/c1-19-11(16)9(6-14)12-10(15)7-2-4-8(5-3-7)13(17)18/h2-5,9,14H,6H2,1H3,(H,12,15). The molecule has 0 bridgehead atoms. The molecule has 19 heavy (non-hydrogen) atoms. The average Bonchev–Trinajstić information content (AvgIpc) is 2.43. The van der Waals surface area contributed by atoms with Crippen LogP contribution in [0.5, 0.6) is 0 Å². The van der Waals surface area contributed by atoms with Crippen molar-refractivity contribution in [3.63, 3.8) is 0 Å². The molecule has 1 aromatic rings. The Kier molecular flexibility index (Phi) is 4.95. The van der Waals surface area contributed by atoms with Crippen LogP contribution in [0.4, 0.5) is 5.69 Å². The Hall–Kier alpha value is -2.48. The minimum atomic E-state index is -1.17. The summed E-state index contributed by atoms with van der Waals surface area (Å²) in [4.78, 5) is 32.7. The van der Waals surface area contributed by atoms with Crippen molar-refractivity contribution < 1.29 is 24.4 Å². The highest BCUT2D eigenvalue weighted by molar-refractivity contribution is 5.96. The van der Waals surface area contributed by atoms with Crippen LogP contribution in [0.15, 0.2) is 24.3 Å². The molecule has 0 aromatic heterocycles. The predicted molar refractivity (Wildman–Crippen MR) is 63.5 cm³/mol. The van der Waals surface area contributed by atoms with Crippen LogP contribution in [0.2, 0.25) is 0 Å². The van der Waals surface area contributed by atoms with Crippen LogP contribution in [0, 0.1) is 10.1 Å². The summed E-state index contributed by atoms with van der Waals surface area (Å²) in [7, 11) is 1.13. The highest BCUT2D eigenvalue weighted by Gasteiger charge is 2.21. The Morgan fingerprint density at radius 3 is 2.42 bits per heavy atom. The zero-order valence-electron chi connectivity index (χ0n) is 10.0. The number of hydrogen-bond donors (Lipinski definition) is 2. The van der Waals surface area contributed by atoms with Crippen molar-refractivity contribution in [2.24, 2.45) is 0 Å². The van der Waals surface area contributed by atoms with Crippen LogP contribution < -0.4 is 5.32 Å². The molecule has 8 heteroatoms. The van der Waals surface area contributed by atoms with Crippen LogP contribution in [0.25, 0.3) is 0 Å². The molecule has 1 atom stereocenters. The molecule has 0 fully saturated rings. The molecule has 1 rings (SSSR count). The van der Waals surface area contributed by atoms with Crippen molar-refractivity contribution in [2.75, 3.05) is 13.7 Å². The van der Waals surface area contributed by atoms with Crippen LogP contribution in [0.3, 0.4) is 0 Å². The third-order valence-corrected chi connectivity index (χ3v) is 2.31. The monoisotopic (exact) mass is 268 g/mol. The zero-order valence-corrected chi connectivity index (χ0v) is 10.0. The van der Waals surface area contributed by atoms with Gasteiger partial charge in [-0.2, -0.15) is 0 Å². The lowest BCUT2D eigenvalue weighted by Gasteiger charge is -2.13. The molecule has 0 spiro atoms. The fourth-order valence-corrected chi connectivity index (χ4v) is 1.30. The normalized spacial score (nSPS) is 11.5. The molecule has 1 amide bonds. The number of amides is 1. The maximum absolute atomic E-state index is 11.7. The Bertz CT molecular complexity index is 484. The van der Waals surface area contributed by atoms with Gasteiger partial charge in [-0.15, -0.1) is 0 Å². The number of methoxy groups -OCH3 is 1. The average molecular weight is 268 g/mol. The smallest absolute Gasteiger partial charge is 0.330 e. The topological polar surface area (TPSA) is 119 Å². The van der Waals surface area contributed by atoms with E-state index in [0.29, 0.717) is 0 Å². The Morgan fingerprint density at radius 1 is 1.42 bits per heavy atom. The van der Waals surface area contributed by atoms with E-state index in [0.717, 1.165) is 7.11 Å². The lowest BCUT2D eigenvalue weighted by Crippen LogP contribution is -2.44. The van der Waals surface area contributed by atoms with E-state index < -0.39 is 29.4 Å². The Balaban J connectivity index is 2.77. The Morgan fingerprint density at radius 2 is 2.00 bits per heavy atom. The fourth-order valence-electron chi connectivity index (χ4n) is 1.30. The maximum atomic E-state index is 11.7. The molecule has 0 radical (unpaired) electrons. The van der Waals surface area contributed by atoms with Crippen LogP contribution >= 0.6 is 0 Å². The molecule has 102 valence electrons.